The van der Waals surface area contributed by atoms with Gasteiger partial charge in [0.05, 0.1) is 45.7 Å². The molecule has 0 bridgehead atoms. The van der Waals surface area contributed by atoms with Crippen LogP contribution in [0.5, 0.6) is 0 Å². The van der Waals surface area contributed by atoms with Crippen LogP contribution in [0.15, 0.2) is 0 Å². The lowest BCUT2D eigenvalue weighted by Crippen LogP contribution is -2.45. The molecule has 0 spiro atoms. The SMILES string of the molecule is [CH]N[C@@H](CCCCNC(=O)COCCOCCNC(=O)COCCOCCNC(=O)CC[C@H](NC(=O)C1CCC(CNC(=O)CCCCCCCCCCCCCCCCCCC(=O)O)CC1)C(=O)O)C(=O)CO. The highest BCUT2D eigenvalue weighted by Crippen LogP contribution is 2.29. The van der Waals surface area contributed by atoms with Gasteiger partial charge in [0.1, 0.15) is 25.9 Å². The number of nitrogens with one attached hydrogen (secondary N) is 6. The molecule has 0 aromatic heterocycles. The number of Topliss-reactive ketones (excluding diaryl/α,β-unsaturated/α-hetero) is 1. The van der Waals surface area contributed by atoms with Gasteiger partial charge in [-0.3, -0.25) is 33.6 Å². The predicted octanol–water partition coefficient (Wildman–Crippen LogP) is 4.14. The number of carboxylic acids is 2. The molecule has 21 nitrogen and oxygen atoms in total. The Morgan fingerprint density at radius 2 is 0.932 bits per heavy atom. The third-order valence-corrected chi connectivity index (χ3v) is 13.0. The number of carbonyl (C=O) groups excluding carboxylic acids is 6. The van der Waals surface area contributed by atoms with E-state index in [1.807, 2.05) is 0 Å². The van der Waals surface area contributed by atoms with Crippen LogP contribution in [0, 0.1) is 18.9 Å². The molecule has 2 radical (unpaired) electrons. The summed E-state index contributed by atoms with van der Waals surface area (Å²) in [6.07, 6.45) is 23.8. The second-order valence-corrected chi connectivity index (χ2v) is 19.2. The second-order valence-electron chi connectivity index (χ2n) is 19.2. The minimum absolute atomic E-state index is 0.0624. The van der Waals surface area contributed by atoms with Gasteiger partial charge >= 0.3 is 11.9 Å². The van der Waals surface area contributed by atoms with E-state index in [0.717, 1.165) is 51.4 Å². The molecule has 0 saturated heterocycles. The molecule has 0 unspecified atom stereocenters. The summed E-state index contributed by atoms with van der Waals surface area (Å²) in [5, 5.41) is 43.4. The monoisotopic (exact) mass is 1050 g/mol. The Bertz CT molecular complexity index is 1530. The number of unbranched alkanes of at least 4 members (excludes halogenated alkanes) is 16. The quantitative estimate of drug-likeness (QED) is 0.0306. The molecule has 0 aliphatic heterocycles. The summed E-state index contributed by atoms with van der Waals surface area (Å²) in [6, 6.07) is -1.81. The molecule has 9 N–H and O–H groups in total. The number of aliphatic carboxylic acids is 2. The third-order valence-electron chi connectivity index (χ3n) is 13.0. The summed E-state index contributed by atoms with van der Waals surface area (Å²) in [7, 11) is 5.30. The molecule has 1 aliphatic carbocycles. The predicted molar refractivity (Wildman–Crippen MR) is 277 cm³/mol. The standard InChI is InChI=1S/C53H94N6O15/c1-54-44(46(61)39-60)20-18-19-29-55-49(64)40-73-36-35-72-33-31-57-50(65)41-74-37-34-71-32-30-56-48(63)28-27-45(53(69)70)59-52(68)43-25-23-42(24-26-43)38-58-47(62)21-16-14-12-10-8-6-4-2-3-5-7-9-11-13-15-17-22-51(66)67/h1,42-45,54,60H,2-41H2,(H,55,64)(H,56,63)(H,57,65)(H,58,62)(H,59,68)(H,66,67)(H,69,70)/t42?,43?,44-,45-/m0/s1. The zero-order valence-corrected chi connectivity index (χ0v) is 44.4. The molecule has 2 atom stereocenters. The fourth-order valence-corrected chi connectivity index (χ4v) is 8.47. The lowest BCUT2D eigenvalue weighted by Gasteiger charge is -2.28. The Kier molecular flexibility index (Phi) is 43.2. The molecule has 426 valence electrons. The molecule has 5 amide bonds. The number of hydrogen-bond donors (Lipinski definition) is 9. The van der Waals surface area contributed by atoms with Crippen molar-refractivity contribution in [2.24, 2.45) is 11.8 Å². The van der Waals surface area contributed by atoms with Crippen molar-refractivity contribution >= 4 is 47.3 Å². The molecular formula is C53H94N6O15. The van der Waals surface area contributed by atoms with Gasteiger partial charge in [0.2, 0.25) is 29.5 Å². The van der Waals surface area contributed by atoms with Crippen LogP contribution in [0.25, 0.3) is 0 Å². The lowest BCUT2D eigenvalue weighted by atomic mass is 9.81. The molecule has 1 aliphatic rings. The number of ketones is 1. The van der Waals surface area contributed by atoms with Crippen molar-refractivity contribution < 1.29 is 72.6 Å². The number of carbonyl (C=O) groups is 8. The Morgan fingerprint density at radius 1 is 0.473 bits per heavy atom. The largest absolute Gasteiger partial charge is 0.481 e. The van der Waals surface area contributed by atoms with Crippen molar-refractivity contribution in [1.82, 2.24) is 31.9 Å². The molecule has 0 heterocycles. The molecule has 0 aromatic carbocycles. The molecule has 21 heteroatoms. The molecule has 74 heavy (non-hydrogen) atoms. The summed E-state index contributed by atoms with van der Waals surface area (Å²) >= 11 is 0. The van der Waals surface area contributed by atoms with Gasteiger partial charge in [-0.2, -0.15) is 0 Å². The number of amides is 5. The van der Waals surface area contributed by atoms with Crippen LogP contribution < -0.4 is 31.9 Å². The molecule has 1 saturated carbocycles. The van der Waals surface area contributed by atoms with Crippen LogP contribution >= 0.6 is 0 Å². The van der Waals surface area contributed by atoms with Gasteiger partial charge in [0, 0.05) is 58.4 Å². The number of aliphatic hydroxyl groups is 1. The average Bonchev–Trinajstić information content (AvgIpc) is 3.38. The fourth-order valence-electron chi connectivity index (χ4n) is 8.47. The van der Waals surface area contributed by atoms with Crippen LogP contribution in [0.2, 0.25) is 0 Å². The summed E-state index contributed by atoms with van der Waals surface area (Å²) in [5.41, 5.74) is 0. The van der Waals surface area contributed by atoms with Crippen LogP contribution in [-0.4, -0.2) is 160 Å². The van der Waals surface area contributed by atoms with Crippen LogP contribution in [0.4, 0.5) is 0 Å². The average molecular weight is 1060 g/mol. The summed E-state index contributed by atoms with van der Waals surface area (Å²) in [6.45, 7) is 1.69. The highest BCUT2D eigenvalue weighted by molar-refractivity contribution is 5.86. The smallest absolute Gasteiger partial charge is 0.326 e. The third kappa shape index (κ3) is 40.1. The van der Waals surface area contributed by atoms with E-state index < -0.39 is 30.6 Å². The van der Waals surface area contributed by atoms with Crippen LogP contribution in [-0.2, 0) is 57.3 Å². The Balaban J connectivity index is 1.97. The Labute approximate surface area is 440 Å². The fraction of sp³-hybridized carbons (Fsp3) is 0.830. The summed E-state index contributed by atoms with van der Waals surface area (Å²) < 4.78 is 21.4. The summed E-state index contributed by atoms with van der Waals surface area (Å²) in [4.78, 5) is 95.6. The minimum Gasteiger partial charge on any atom is -0.481 e. The molecule has 1 fully saturated rings. The van der Waals surface area contributed by atoms with E-state index in [-0.39, 0.29) is 132 Å². The van der Waals surface area contributed by atoms with E-state index in [0.29, 0.717) is 51.6 Å². The first-order valence-electron chi connectivity index (χ1n) is 27.6. The number of ether oxygens (including phenoxy) is 4. The van der Waals surface area contributed by atoms with Gasteiger partial charge < -0.3 is 66.2 Å². The first-order chi connectivity index (χ1) is 35.9. The van der Waals surface area contributed by atoms with E-state index >= 15 is 0 Å². The number of rotatable bonds is 51. The first-order valence-corrected chi connectivity index (χ1v) is 27.6. The van der Waals surface area contributed by atoms with Gasteiger partial charge in [0.15, 0.2) is 5.78 Å². The molecular weight excluding hydrogens is 961 g/mol. The van der Waals surface area contributed by atoms with Gasteiger partial charge in [-0.25, -0.2) is 4.79 Å². The maximum Gasteiger partial charge on any atom is 0.326 e. The normalized spacial score (nSPS) is 15.2. The van der Waals surface area contributed by atoms with Gasteiger partial charge in [-0.1, -0.05) is 89.9 Å². The Morgan fingerprint density at radius 3 is 1.42 bits per heavy atom. The van der Waals surface area contributed by atoms with E-state index in [2.05, 4.69) is 31.9 Å². The van der Waals surface area contributed by atoms with E-state index in [1.54, 1.807) is 0 Å². The lowest BCUT2D eigenvalue weighted by molar-refractivity contribution is -0.143. The topological polar surface area (TPSA) is 306 Å². The van der Waals surface area contributed by atoms with Crippen LogP contribution in [0.3, 0.4) is 0 Å². The van der Waals surface area contributed by atoms with Crippen molar-refractivity contribution in [2.75, 3.05) is 85.6 Å². The highest BCUT2D eigenvalue weighted by atomic mass is 16.5. The van der Waals surface area contributed by atoms with E-state index in [1.165, 1.54) is 64.2 Å². The molecule has 1 rings (SSSR count). The second kappa shape index (κ2) is 47.2. The number of aliphatic hydroxyl groups excluding tert-OH is 1. The Hall–Kier alpha value is -4.28. The zero-order chi connectivity index (χ0) is 54.3. The maximum absolute atomic E-state index is 13.0. The number of carboxylic acid groups (broad SMARTS) is 2. The maximum atomic E-state index is 13.0. The zero-order valence-electron chi connectivity index (χ0n) is 44.4. The highest BCUT2D eigenvalue weighted by Gasteiger charge is 2.30. The molecule has 0 aromatic rings. The van der Waals surface area contributed by atoms with Gasteiger partial charge in [-0.05, 0) is 70.1 Å². The van der Waals surface area contributed by atoms with Gasteiger partial charge in [0.25, 0.3) is 0 Å². The van der Waals surface area contributed by atoms with Gasteiger partial charge in [-0.15, -0.1) is 0 Å². The van der Waals surface area contributed by atoms with Crippen molar-refractivity contribution in [2.45, 2.75) is 185 Å². The van der Waals surface area contributed by atoms with Crippen molar-refractivity contribution in [3.05, 3.63) is 7.05 Å². The van der Waals surface area contributed by atoms with E-state index in [9.17, 15) is 43.5 Å². The minimum atomic E-state index is -1.21. The number of hydrogen-bond acceptors (Lipinski definition) is 14. The van der Waals surface area contributed by atoms with Crippen molar-refractivity contribution in [3.8, 4) is 0 Å². The van der Waals surface area contributed by atoms with Crippen molar-refractivity contribution in [1.29, 1.82) is 0 Å². The van der Waals surface area contributed by atoms with Crippen molar-refractivity contribution in [3.63, 3.8) is 0 Å². The first kappa shape index (κ1) is 67.7. The van der Waals surface area contributed by atoms with E-state index in [4.69, 9.17) is 36.2 Å². The van der Waals surface area contributed by atoms with Crippen LogP contribution in [0.1, 0.15) is 173 Å². The summed E-state index contributed by atoms with van der Waals surface area (Å²) in [5.74, 6) is -3.59.